The largest absolute Gasteiger partial charge is 0.372 e. The third-order valence-corrected chi connectivity index (χ3v) is 6.78. The smallest absolute Gasteiger partial charge is 0.191 e. The van der Waals surface area contributed by atoms with Crippen molar-refractivity contribution >= 4 is 16.9 Å². The Morgan fingerprint density at radius 1 is 1.00 bits per heavy atom. The molecular weight excluding hydrogens is 440 g/mol. The molecule has 0 unspecified atom stereocenters. The Kier molecular flexibility index (Phi) is 4.89. The molecule has 9 nitrogen and oxygen atoms in total. The summed E-state index contributed by atoms with van der Waals surface area (Å²) in [6.07, 6.45) is 1.39. The number of anilines is 1. The van der Waals surface area contributed by atoms with Gasteiger partial charge in [0, 0.05) is 26.2 Å². The molecule has 2 aromatic carbocycles. The van der Waals surface area contributed by atoms with E-state index in [1.165, 1.54) is 6.33 Å². The molecule has 1 atom stereocenters. The maximum absolute atomic E-state index is 12.1. The number of aromatic amines is 1. The summed E-state index contributed by atoms with van der Waals surface area (Å²) in [6, 6.07) is 17.8. The number of aromatic nitrogens is 7. The molecule has 6 rings (SSSR count). The lowest BCUT2D eigenvalue weighted by Crippen LogP contribution is -2.46. The lowest BCUT2D eigenvalue weighted by atomic mass is 9.88. The van der Waals surface area contributed by atoms with E-state index in [-0.39, 0.29) is 0 Å². The highest BCUT2D eigenvalue weighted by Gasteiger charge is 2.40. The number of fused-ring (bicyclic) bond motifs is 1. The van der Waals surface area contributed by atoms with Crippen molar-refractivity contribution in [2.75, 3.05) is 18.0 Å². The molecule has 2 N–H and O–H groups in total. The number of rotatable bonds is 5. The summed E-state index contributed by atoms with van der Waals surface area (Å²) >= 11 is 0. The zero-order valence-electron chi connectivity index (χ0n) is 19.8. The molecule has 3 aromatic heterocycles. The molecule has 0 radical (unpaired) electrons. The van der Waals surface area contributed by atoms with E-state index in [2.05, 4.69) is 47.7 Å². The van der Waals surface area contributed by atoms with Gasteiger partial charge in [-0.1, -0.05) is 42.0 Å². The number of imidazole rings is 1. The van der Waals surface area contributed by atoms with Gasteiger partial charge in [-0.2, -0.15) is 5.10 Å². The molecule has 0 saturated carbocycles. The minimum Gasteiger partial charge on any atom is -0.372 e. The Morgan fingerprint density at radius 3 is 2.57 bits per heavy atom. The first-order valence-corrected chi connectivity index (χ1v) is 11.6. The molecule has 176 valence electrons. The number of hydrogen-bond donors (Lipinski definition) is 2. The quantitative estimate of drug-likeness (QED) is 0.410. The summed E-state index contributed by atoms with van der Waals surface area (Å²) < 4.78 is 2.17. The first-order valence-electron chi connectivity index (χ1n) is 11.6. The molecule has 1 aliphatic heterocycles. The van der Waals surface area contributed by atoms with E-state index in [4.69, 9.17) is 4.98 Å². The fourth-order valence-electron chi connectivity index (χ4n) is 4.91. The number of nitrogens with one attached hydrogen (secondary N) is 1. The molecule has 0 spiro atoms. The second-order valence-electron chi connectivity index (χ2n) is 9.19. The predicted molar refractivity (Wildman–Crippen MR) is 132 cm³/mol. The van der Waals surface area contributed by atoms with Gasteiger partial charge in [0.2, 0.25) is 0 Å². The van der Waals surface area contributed by atoms with Crippen LogP contribution in [0.3, 0.4) is 0 Å². The third kappa shape index (κ3) is 3.47. The Hall–Kier alpha value is -4.11. The van der Waals surface area contributed by atoms with Gasteiger partial charge in [0.25, 0.3) is 0 Å². The maximum atomic E-state index is 12.1. The van der Waals surface area contributed by atoms with Crippen molar-refractivity contribution in [1.82, 2.24) is 34.7 Å². The monoisotopic (exact) mass is 466 g/mol. The molecule has 0 bridgehead atoms. The van der Waals surface area contributed by atoms with Gasteiger partial charge in [0.15, 0.2) is 11.4 Å². The summed E-state index contributed by atoms with van der Waals surface area (Å²) in [7, 11) is 2.07. The first kappa shape index (κ1) is 21.4. The van der Waals surface area contributed by atoms with Crippen molar-refractivity contribution in [2.45, 2.75) is 25.4 Å². The van der Waals surface area contributed by atoms with Gasteiger partial charge >= 0.3 is 0 Å². The summed E-state index contributed by atoms with van der Waals surface area (Å²) in [6.45, 7) is 5.41. The lowest BCUT2D eigenvalue weighted by molar-refractivity contribution is 0.111. The number of aliphatic hydroxyl groups is 1. The average molecular weight is 467 g/mol. The summed E-state index contributed by atoms with van der Waals surface area (Å²) in [5, 5.41) is 18.9. The predicted octanol–water partition coefficient (Wildman–Crippen LogP) is 2.99. The van der Waals surface area contributed by atoms with E-state index in [1.54, 1.807) is 0 Å². The highest BCUT2D eigenvalue weighted by atomic mass is 16.3. The minimum absolute atomic E-state index is 0.302. The highest BCUT2D eigenvalue weighted by molar-refractivity contribution is 5.76. The molecular formula is C26H26N8O. The van der Waals surface area contributed by atoms with Crippen LogP contribution in [0.15, 0.2) is 60.9 Å². The van der Waals surface area contributed by atoms with Crippen LogP contribution in [-0.2, 0) is 12.6 Å². The van der Waals surface area contributed by atoms with Crippen molar-refractivity contribution in [3.8, 4) is 0 Å². The number of aryl methyl sites for hydroxylation is 3. The molecule has 1 aliphatic rings. The Bertz CT molecular complexity index is 1520. The van der Waals surface area contributed by atoms with Gasteiger partial charge in [-0.3, -0.25) is 5.10 Å². The molecule has 35 heavy (non-hydrogen) atoms. The van der Waals surface area contributed by atoms with Gasteiger partial charge < -0.3 is 14.6 Å². The van der Waals surface area contributed by atoms with Gasteiger partial charge in [0.05, 0.1) is 22.6 Å². The van der Waals surface area contributed by atoms with Crippen LogP contribution in [0.25, 0.3) is 11.0 Å². The number of benzene rings is 2. The van der Waals surface area contributed by atoms with Gasteiger partial charge in [-0.25, -0.2) is 19.9 Å². The Morgan fingerprint density at radius 2 is 1.83 bits per heavy atom. The second kappa shape index (κ2) is 7.99. The number of H-pyrrole nitrogens is 1. The van der Waals surface area contributed by atoms with E-state index >= 15 is 0 Å². The molecule has 4 heterocycles. The Labute approximate surface area is 202 Å². The van der Waals surface area contributed by atoms with Crippen LogP contribution in [-0.4, -0.2) is 52.9 Å². The molecule has 0 aliphatic carbocycles. The SMILES string of the molecule is Cc1cccc([C@@](O)(c2cc(N3CC(c4nc5ccccc5n4C)C3)nc(C)n2)c2ncn[nH]2)c1. The number of para-hydroxylation sites is 2. The zero-order chi connectivity index (χ0) is 24.2. The summed E-state index contributed by atoms with van der Waals surface area (Å²) in [5.74, 6) is 3.04. The summed E-state index contributed by atoms with van der Waals surface area (Å²) in [5.41, 5.74) is 2.70. The minimum atomic E-state index is -1.59. The van der Waals surface area contributed by atoms with Crippen LogP contribution in [0.2, 0.25) is 0 Å². The first-order chi connectivity index (χ1) is 16.9. The highest BCUT2D eigenvalue weighted by Crippen LogP contribution is 2.37. The second-order valence-corrected chi connectivity index (χ2v) is 9.19. The van der Waals surface area contributed by atoms with Gasteiger partial charge in [-0.15, -0.1) is 0 Å². The number of nitrogens with zero attached hydrogens (tertiary/aromatic N) is 7. The fourth-order valence-corrected chi connectivity index (χ4v) is 4.91. The van der Waals surface area contributed by atoms with E-state index in [0.717, 1.165) is 41.3 Å². The maximum Gasteiger partial charge on any atom is 0.191 e. The molecule has 1 saturated heterocycles. The normalized spacial score (nSPS) is 15.8. The van der Waals surface area contributed by atoms with Gasteiger partial charge in [-0.05, 0) is 31.5 Å². The number of hydrogen-bond acceptors (Lipinski definition) is 7. The molecule has 1 fully saturated rings. The van der Waals surface area contributed by atoms with Crippen LogP contribution >= 0.6 is 0 Å². The standard InChI is InChI=1S/C26H26N8O/c1-16-7-6-8-19(11-16)26(35,25-27-15-28-32-25)22-12-23(30-17(2)29-22)34-13-18(14-34)24-31-20-9-4-5-10-21(20)33(24)3/h4-12,15,18,35H,13-14H2,1-3H3,(H,27,28,32)/t26-/m1/s1. The van der Waals surface area contributed by atoms with E-state index in [9.17, 15) is 5.11 Å². The molecule has 9 heteroatoms. The zero-order valence-corrected chi connectivity index (χ0v) is 19.8. The fraction of sp³-hybridized carbons (Fsp3) is 0.269. The van der Waals surface area contributed by atoms with Crippen LogP contribution in [0.5, 0.6) is 0 Å². The summed E-state index contributed by atoms with van der Waals surface area (Å²) in [4.78, 5) is 20.7. The topological polar surface area (TPSA) is 109 Å². The van der Waals surface area contributed by atoms with Crippen LogP contribution in [0.1, 0.15) is 40.2 Å². The van der Waals surface area contributed by atoms with Crippen molar-refractivity contribution in [3.63, 3.8) is 0 Å². The van der Waals surface area contributed by atoms with Crippen molar-refractivity contribution < 1.29 is 5.11 Å². The Balaban J connectivity index is 1.35. The van der Waals surface area contributed by atoms with Crippen LogP contribution in [0.4, 0.5) is 5.82 Å². The average Bonchev–Trinajstić information content (AvgIpc) is 3.47. The van der Waals surface area contributed by atoms with Crippen LogP contribution in [0, 0.1) is 13.8 Å². The van der Waals surface area contributed by atoms with Crippen molar-refractivity contribution in [3.05, 3.63) is 95.2 Å². The van der Waals surface area contributed by atoms with Crippen molar-refractivity contribution in [2.24, 2.45) is 7.05 Å². The lowest BCUT2D eigenvalue weighted by Gasteiger charge is -2.40. The van der Waals surface area contributed by atoms with Gasteiger partial charge in [0.1, 0.15) is 23.8 Å². The van der Waals surface area contributed by atoms with Crippen molar-refractivity contribution in [1.29, 1.82) is 0 Å². The third-order valence-electron chi connectivity index (χ3n) is 6.78. The molecule has 0 amide bonds. The molecule has 5 aromatic rings. The van der Waals surface area contributed by atoms with E-state index < -0.39 is 5.60 Å². The van der Waals surface area contributed by atoms with Crippen LogP contribution < -0.4 is 4.90 Å². The van der Waals surface area contributed by atoms with E-state index in [0.29, 0.717) is 28.8 Å². The van der Waals surface area contributed by atoms with E-state index in [1.807, 2.05) is 62.4 Å².